The van der Waals surface area contributed by atoms with Crippen LogP contribution in [0, 0.1) is 0 Å². The Labute approximate surface area is 167 Å². The highest BCUT2D eigenvalue weighted by atomic mass is 16.5. The lowest BCUT2D eigenvalue weighted by Crippen LogP contribution is -2.36. The van der Waals surface area contributed by atoms with E-state index in [1.165, 1.54) is 11.6 Å². The van der Waals surface area contributed by atoms with Crippen LogP contribution in [0.1, 0.15) is 0 Å². The van der Waals surface area contributed by atoms with Gasteiger partial charge in [0, 0.05) is 26.4 Å². The number of hydrogen-bond acceptors (Lipinski definition) is 4. The maximum Gasteiger partial charge on any atom is 0.330 e. The molecule has 7 nitrogen and oxygen atoms in total. The topological polar surface area (TPSA) is 67.4 Å². The predicted molar refractivity (Wildman–Crippen MR) is 112 cm³/mol. The molecule has 4 aromatic rings. The third-order valence-corrected chi connectivity index (χ3v) is 5.13. The molecule has 0 fully saturated rings. The number of rotatable bonds is 4. The number of fused-ring (bicyclic) bond motifs is 1. The Hall–Kier alpha value is -3.74. The second-order valence-electron chi connectivity index (χ2n) is 6.72. The molecule has 2 heterocycles. The molecule has 0 amide bonds. The van der Waals surface area contributed by atoms with E-state index in [0.717, 1.165) is 15.8 Å². The fraction of sp³-hybridized carbons (Fsp3) is 0.182. The average molecular weight is 391 g/mol. The summed E-state index contributed by atoms with van der Waals surface area (Å²) >= 11 is 0. The van der Waals surface area contributed by atoms with Crippen molar-refractivity contribution in [3.05, 3.63) is 75.6 Å². The van der Waals surface area contributed by atoms with E-state index >= 15 is 0 Å². The molecule has 148 valence electrons. The number of ether oxygens (including phenoxy) is 2. The minimum Gasteiger partial charge on any atom is -0.497 e. The number of benzene rings is 2. The highest BCUT2D eigenvalue weighted by Crippen LogP contribution is 2.35. The summed E-state index contributed by atoms with van der Waals surface area (Å²) in [4.78, 5) is 25.6. The van der Waals surface area contributed by atoms with Crippen LogP contribution in [0.25, 0.3) is 27.8 Å². The van der Waals surface area contributed by atoms with Gasteiger partial charge < -0.3 is 14.0 Å². The first-order valence-corrected chi connectivity index (χ1v) is 9.06. The Morgan fingerprint density at radius 2 is 1.59 bits per heavy atom. The van der Waals surface area contributed by atoms with Crippen LogP contribution in [0.2, 0.25) is 0 Å². The molecule has 29 heavy (non-hydrogen) atoms. The molecular formula is C22H21N3O4. The van der Waals surface area contributed by atoms with E-state index in [4.69, 9.17) is 9.47 Å². The van der Waals surface area contributed by atoms with E-state index in [1.54, 1.807) is 33.5 Å². The van der Waals surface area contributed by atoms with E-state index in [1.807, 2.05) is 47.0 Å². The normalized spacial score (nSPS) is 11.0. The zero-order valence-corrected chi connectivity index (χ0v) is 16.7. The molecule has 0 saturated carbocycles. The fourth-order valence-corrected chi connectivity index (χ4v) is 3.59. The lowest BCUT2D eigenvalue weighted by molar-refractivity contribution is 0.393. The third-order valence-electron chi connectivity index (χ3n) is 5.13. The second kappa shape index (κ2) is 7.01. The molecule has 0 atom stereocenters. The molecule has 0 N–H and O–H groups in total. The van der Waals surface area contributed by atoms with Crippen LogP contribution in [-0.2, 0) is 14.1 Å². The quantitative estimate of drug-likeness (QED) is 0.537. The minimum absolute atomic E-state index is 0.340. The highest BCUT2D eigenvalue weighted by molar-refractivity contribution is 5.95. The van der Waals surface area contributed by atoms with Gasteiger partial charge in [-0.05, 0) is 17.7 Å². The SMILES string of the molecule is COc1ccc(-n2cc3c(c2-c2ccccc2)c(=O)n(C)c(=O)n3C)c(OC)c1. The molecule has 0 aliphatic heterocycles. The van der Waals surface area contributed by atoms with Crippen LogP contribution in [0.4, 0.5) is 0 Å². The van der Waals surface area contributed by atoms with Gasteiger partial charge in [-0.3, -0.25) is 13.9 Å². The van der Waals surface area contributed by atoms with Crippen LogP contribution in [-0.4, -0.2) is 27.9 Å². The van der Waals surface area contributed by atoms with E-state index < -0.39 is 0 Å². The Morgan fingerprint density at radius 1 is 0.862 bits per heavy atom. The van der Waals surface area contributed by atoms with Gasteiger partial charge in [-0.25, -0.2) is 4.79 Å². The van der Waals surface area contributed by atoms with Gasteiger partial charge in [-0.15, -0.1) is 0 Å². The van der Waals surface area contributed by atoms with Crippen molar-refractivity contribution in [2.45, 2.75) is 0 Å². The summed E-state index contributed by atoms with van der Waals surface area (Å²) in [6, 6.07) is 15.1. The van der Waals surface area contributed by atoms with Crippen molar-refractivity contribution in [1.82, 2.24) is 13.7 Å². The average Bonchev–Trinajstić information content (AvgIpc) is 3.16. The van der Waals surface area contributed by atoms with Gasteiger partial charge in [-0.2, -0.15) is 0 Å². The predicted octanol–water partition coefficient (Wildman–Crippen LogP) is 2.71. The van der Waals surface area contributed by atoms with Gasteiger partial charge in [0.2, 0.25) is 0 Å². The summed E-state index contributed by atoms with van der Waals surface area (Å²) in [5.41, 5.74) is 2.12. The van der Waals surface area contributed by atoms with Crippen molar-refractivity contribution in [3.63, 3.8) is 0 Å². The van der Waals surface area contributed by atoms with Crippen LogP contribution in [0.15, 0.2) is 64.3 Å². The van der Waals surface area contributed by atoms with E-state index in [0.29, 0.717) is 28.1 Å². The van der Waals surface area contributed by atoms with E-state index in [2.05, 4.69) is 0 Å². The highest BCUT2D eigenvalue weighted by Gasteiger charge is 2.21. The summed E-state index contributed by atoms with van der Waals surface area (Å²) in [6.07, 6.45) is 1.80. The molecule has 7 heteroatoms. The largest absolute Gasteiger partial charge is 0.497 e. The van der Waals surface area contributed by atoms with Crippen LogP contribution in [0.3, 0.4) is 0 Å². The van der Waals surface area contributed by atoms with Crippen LogP contribution in [0.5, 0.6) is 11.5 Å². The maximum absolute atomic E-state index is 13.1. The molecule has 2 aromatic heterocycles. The molecular weight excluding hydrogens is 370 g/mol. The van der Waals surface area contributed by atoms with Crippen LogP contribution < -0.4 is 20.7 Å². The zero-order chi connectivity index (χ0) is 20.7. The van der Waals surface area contributed by atoms with Crippen LogP contribution >= 0.6 is 0 Å². The summed E-state index contributed by atoms with van der Waals surface area (Å²) < 4.78 is 15.4. The first kappa shape index (κ1) is 18.6. The Bertz CT molecular complexity index is 1330. The van der Waals surface area contributed by atoms with Crippen molar-refractivity contribution < 1.29 is 9.47 Å². The molecule has 0 radical (unpaired) electrons. The molecule has 0 aliphatic carbocycles. The summed E-state index contributed by atoms with van der Waals surface area (Å²) in [5, 5.41) is 0.471. The third kappa shape index (κ3) is 2.82. The molecule has 0 bridgehead atoms. The van der Waals surface area contributed by atoms with Gasteiger partial charge in [0.25, 0.3) is 5.56 Å². The van der Waals surface area contributed by atoms with Gasteiger partial charge >= 0.3 is 5.69 Å². The van der Waals surface area contributed by atoms with Gasteiger partial charge in [0.1, 0.15) is 11.5 Å². The van der Waals surface area contributed by atoms with Gasteiger partial charge in [-0.1, -0.05) is 30.3 Å². The van der Waals surface area contributed by atoms with Crippen molar-refractivity contribution in [1.29, 1.82) is 0 Å². The number of hydrogen-bond donors (Lipinski definition) is 0. The second-order valence-corrected chi connectivity index (χ2v) is 6.72. The molecule has 0 spiro atoms. The van der Waals surface area contributed by atoms with Gasteiger partial charge in [0.05, 0.1) is 36.5 Å². The zero-order valence-electron chi connectivity index (χ0n) is 16.7. The number of nitrogens with zero attached hydrogens (tertiary/aromatic N) is 3. The summed E-state index contributed by atoms with van der Waals surface area (Å²) in [7, 11) is 6.32. The Kier molecular flexibility index (Phi) is 4.50. The summed E-state index contributed by atoms with van der Waals surface area (Å²) in [5.74, 6) is 1.25. The summed E-state index contributed by atoms with van der Waals surface area (Å²) in [6.45, 7) is 0. The number of methoxy groups -OCH3 is 2. The lowest BCUT2D eigenvalue weighted by Gasteiger charge is -2.14. The Morgan fingerprint density at radius 3 is 2.24 bits per heavy atom. The van der Waals surface area contributed by atoms with Crippen molar-refractivity contribution in [3.8, 4) is 28.4 Å². The minimum atomic E-state index is -0.374. The molecule has 0 saturated heterocycles. The van der Waals surface area contributed by atoms with Crippen molar-refractivity contribution >= 4 is 10.9 Å². The monoisotopic (exact) mass is 391 g/mol. The number of aryl methyl sites for hydroxylation is 1. The van der Waals surface area contributed by atoms with Crippen molar-refractivity contribution in [2.75, 3.05) is 14.2 Å². The molecule has 0 unspecified atom stereocenters. The molecule has 2 aromatic carbocycles. The first-order valence-electron chi connectivity index (χ1n) is 9.06. The fourth-order valence-electron chi connectivity index (χ4n) is 3.59. The van der Waals surface area contributed by atoms with E-state index in [-0.39, 0.29) is 11.2 Å². The standard InChI is InChI=1S/C22H21N3O4/c1-23-17-13-25(16-11-10-15(28-3)12-18(16)29-4)20(14-8-6-5-7-9-14)19(17)21(26)24(2)22(23)27/h5-13H,1-4H3. The van der Waals surface area contributed by atoms with E-state index in [9.17, 15) is 9.59 Å². The lowest BCUT2D eigenvalue weighted by atomic mass is 10.1. The maximum atomic E-state index is 13.1. The van der Waals surface area contributed by atoms with Gasteiger partial charge in [0.15, 0.2) is 0 Å². The first-order chi connectivity index (χ1) is 14.0. The smallest absolute Gasteiger partial charge is 0.330 e. The molecule has 0 aliphatic rings. The number of aromatic nitrogens is 3. The molecule has 4 rings (SSSR count). The Balaban J connectivity index is 2.19. The van der Waals surface area contributed by atoms with Crippen molar-refractivity contribution in [2.24, 2.45) is 14.1 Å².